The Morgan fingerprint density at radius 1 is 1.03 bits per heavy atom. The lowest BCUT2D eigenvalue weighted by Crippen LogP contribution is -2.47. The molecule has 3 amide bonds. The van der Waals surface area contributed by atoms with Crippen molar-refractivity contribution in [3.8, 4) is 6.07 Å². The number of fused-ring (bicyclic) bond motifs is 1. The van der Waals surface area contributed by atoms with Crippen LogP contribution in [0.15, 0.2) is 83.9 Å². The van der Waals surface area contributed by atoms with Crippen LogP contribution in [0.25, 0.3) is 0 Å². The second-order valence-corrected chi connectivity index (χ2v) is 6.95. The number of rotatable bonds is 3. The Labute approximate surface area is 179 Å². The van der Waals surface area contributed by atoms with E-state index in [1.165, 1.54) is 4.90 Å². The summed E-state index contributed by atoms with van der Waals surface area (Å²) in [6.07, 6.45) is -1.12. The first-order chi connectivity index (χ1) is 15.1. The van der Waals surface area contributed by atoms with Gasteiger partial charge in [-0.2, -0.15) is 5.26 Å². The topological polar surface area (TPSA) is 97.6 Å². The molecular weight excluding hydrogens is 390 g/mol. The molecule has 3 aromatic carbocycles. The summed E-state index contributed by atoms with van der Waals surface area (Å²) < 4.78 is 0. The van der Waals surface area contributed by atoms with Crippen LogP contribution in [-0.2, 0) is 4.79 Å². The van der Waals surface area contributed by atoms with Crippen LogP contribution in [-0.4, -0.2) is 30.9 Å². The van der Waals surface area contributed by atoms with E-state index in [-0.39, 0.29) is 5.91 Å². The molecule has 7 heteroatoms. The molecule has 0 fully saturated rings. The van der Waals surface area contributed by atoms with Gasteiger partial charge in [0.15, 0.2) is 0 Å². The Kier molecular flexibility index (Phi) is 5.45. The molecule has 2 N–H and O–H groups in total. The highest BCUT2D eigenvalue weighted by Gasteiger charge is 2.30. The van der Waals surface area contributed by atoms with Gasteiger partial charge in [-0.05, 0) is 24.3 Å². The van der Waals surface area contributed by atoms with Gasteiger partial charge in [-0.3, -0.25) is 4.79 Å². The van der Waals surface area contributed by atoms with E-state index in [4.69, 9.17) is 5.26 Å². The number of nitriles is 1. The number of carbonyl (C=O) groups is 2. The molecule has 0 aliphatic carbocycles. The Morgan fingerprint density at radius 2 is 1.77 bits per heavy atom. The van der Waals surface area contributed by atoms with E-state index in [0.717, 1.165) is 11.1 Å². The SMILES string of the molecule is CN1C(=O)[C@H](NC(=O)Nc2cccc(C#N)c2)N=C(c2ccccc2)c2ccccc21. The fraction of sp³-hybridized carbons (Fsp3) is 0.0833. The smallest absolute Gasteiger partial charge is 0.311 e. The fourth-order valence-corrected chi connectivity index (χ4v) is 3.40. The molecule has 3 aromatic rings. The molecule has 1 heterocycles. The number of anilines is 2. The van der Waals surface area contributed by atoms with Crippen molar-refractivity contribution < 1.29 is 9.59 Å². The van der Waals surface area contributed by atoms with Crippen molar-refractivity contribution in [2.75, 3.05) is 17.3 Å². The van der Waals surface area contributed by atoms with Gasteiger partial charge in [0.05, 0.1) is 23.0 Å². The Balaban J connectivity index is 1.67. The number of aliphatic imine (C=N–C) groups is 1. The molecule has 1 atom stereocenters. The van der Waals surface area contributed by atoms with Crippen molar-refractivity contribution in [1.82, 2.24) is 5.32 Å². The summed E-state index contributed by atoms with van der Waals surface area (Å²) >= 11 is 0. The van der Waals surface area contributed by atoms with E-state index < -0.39 is 12.2 Å². The van der Waals surface area contributed by atoms with Crippen LogP contribution in [0.5, 0.6) is 0 Å². The molecule has 0 aromatic heterocycles. The zero-order chi connectivity index (χ0) is 21.8. The number of hydrogen-bond donors (Lipinski definition) is 2. The predicted octanol–water partition coefficient (Wildman–Crippen LogP) is 3.52. The first-order valence-electron chi connectivity index (χ1n) is 9.64. The highest BCUT2D eigenvalue weighted by Crippen LogP contribution is 2.27. The maximum atomic E-state index is 13.1. The first kappa shape index (κ1) is 19.9. The molecule has 0 unspecified atom stereocenters. The van der Waals surface area contributed by atoms with Crippen LogP contribution in [0.1, 0.15) is 16.7 Å². The largest absolute Gasteiger partial charge is 0.321 e. The van der Waals surface area contributed by atoms with E-state index in [1.807, 2.05) is 60.7 Å². The molecule has 1 aliphatic heterocycles. The van der Waals surface area contributed by atoms with Gasteiger partial charge < -0.3 is 15.5 Å². The van der Waals surface area contributed by atoms with Gasteiger partial charge in [0.2, 0.25) is 6.17 Å². The maximum Gasteiger partial charge on any atom is 0.321 e. The minimum absolute atomic E-state index is 0.362. The summed E-state index contributed by atoms with van der Waals surface area (Å²) in [6.45, 7) is 0. The van der Waals surface area contributed by atoms with Gasteiger partial charge in [0.1, 0.15) is 0 Å². The number of nitrogens with zero attached hydrogens (tertiary/aromatic N) is 3. The lowest BCUT2D eigenvalue weighted by molar-refractivity contribution is -0.119. The molecular formula is C24H19N5O2. The van der Waals surface area contributed by atoms with Crippen LogP contribution in [0.2, 0.25) is 0 Å². The third kappa shape index (κ3) is 4.14. The lowest BCUT2D eigenvalue weighted by Gasteiger charge is -2.21. The van der Waals surface area contributed by atoms with Gasteiger partial charge in [0.25, 0.3) is 5.91 Å². The molecule has 31 heavy (non-hydrogen) atoms. The summed E-state index contributed by atoms with van der Waals surface area (Å²) in [6, 6.07) is 25.0. The second kappa shape index (κ2) is 8.51. The highest BCUT2D eigenvalue weighted by atomic mass is 16.2. The summed E-state index contributed by atoms with van der Waals surface area (Å²) in [5.41, 5.74) is 3.83. The van der Waals surface area contributed by atoms with E-state index in [9.17, 15) is 9.59 Å². The molecule has 4 rings (SSSR count). The van der Waals surface area contributed by atoms with Crippen LogP contribution < -0.4 is 15.5 Å². The number of nitrogens with one attached hydrogen (secondary N) is 2. The maximum absolute atomic E-state index is 13.1. The average molecular weight is 409 g/mol. The van der Waals surface area contributed by atoms with Crippen molar-refractivity contribution in [2.24, 2.45) is 4.99 Å². The zero-order valence-corrected chi connectivity index (χ0v) is 16.7. The molecule has 0 saturated carbocycles. The van der Waals surface area contributed by atoms with E-state index in [0.29, 0.717) is 22.6 Å². The van der Waals surface area contributed by atoms with Crippen molar-refractivity contribution in [2.45, 2.75) is 6.17 Å². The van der Waals surface area contributed by atoms with Crippen LogP contribution in [0, 0.1) is 11.3 Å². The quantitative estimate of drug-likeness (QED) is 0.693. The average Bonchev–Trinajstić information content (AvgIpc) is 2.90. The Bertz CT molecular complexity index is 1210. The number of para-hydroxylation sites is 1. The standard InChI is InChI=1S/C24H19N5O2/c1-29-20-13-6-5-12-19(20)21(17-9-3-2-4-10-17)27-22(23(29)30)28-24(31)26-18-11-7-8-16(14-18)15-25/h2-14,22H,1H3,(H2,26,28,31)/t22-/m0/s1. The van der Waals surface area contributed by atoms with Crippen LogP contribution in [0.3, 0.4) is 0 Å². The summed E-state index contributed by atoms with van der Waals surface area (Å²) in [5, 5.41) is 14.3. The number of amides is 3. The molecule has 0 saturated heterocycles. The lowest BCUT2D eigenvalue weighted by atomic mass is 10.0. The fourth-order valence-electron chi connectivity index (χ4n) is 3.40. The molecule has 0 bridgehead atoms. The molecule has 152 valence electrons. The molecule has 1 aliphatic rings. The zero-order valence-electron chi connectivity index (χ0n) is 16.7. The van der Waals surface area contributed by atoms with Crippen molar-refractivity contribution >= 4 is 29.0 Å². The molecule has 0 spiro atoms. The van der Waals surface area contributed by atoms with Crippen molar-refractivity contribution in [3.63, 3.8) is 0 Å². The third-order valence-corrected chi connectivity index (χ3v) is 4.91. The third-order valence-electron chi connectivity index (χ3n) is 4.91. The summed E-state index contributed by atoms with van der Waals surface area (Å²) in [7, 11) is 1.66. The highest BCUT2D eigenvalue weighted by molar-refractivity contribution is 6.20. The minimum Gasteiger partial charge on any atom is -0.311 e. The van der Waals surface area contributed by atoms with Gasteiger partial charge in [-0.25, -0.2) is 9.79 Å². The second-order valence-electron chi connectivity index (χ2n) is 6.95. The van der Waals surface area contributed by atoms with Crippen LogP contribution >= 0.6 is 0 Å². The van der Waals surface area contributed by atoms with E-state index in [2.05, 4.69) is 15.6 Å². The number of carbonyl (C=O) groups excluding carboxylic acids is 2. The number of benzodiazepines with no additional fused rings is 1. The summed E-state index contributed by atoms with van der Waals surface area (Å²) in [5.74, 6) is -0.362. The van der Waals surface area contributed by atoms with Gasteiger partial charge in [0, 0.05) is 23.9 Å². The normalized spacial score (nSPS) is 15.2. The first-order valence-corrected chi connectivity index (χ1v) is 9.64. The number of hydrogen-bond acceptors (Lipinski definition) is 4. The number of urea groups is 1. The molecule has 7 nitrogen and oxygen atoms in total. The molecule has 0 radical (unpaired) electrons. The number of benzene rings is 3. The van der Waals surface area contributed by atoms with E-state index >= 15 is 0 Å². The van der Waals surface area contributed by atoms with Gasteiger partial charge in [-0.1, -0.05) is 54.6 Å². The Morgan fingerprint density at radius 3 is 2.55 bits per heavy atom. The van der Waals surface area contributed by atoms with Gasteiger partial charge in [-0.15, -0.1) is 0 Å². The summed E-state index contributed by atoms with van der Waals surface area (Å²) in [4.78, 5) is 31.9. The number of likely N-dealkylation sites (N-methyl/N-ethyl adjacent to an activating group) is 1. The predicted molar refractivity (Wildman–Crippen MR) is 119 cm³/mol. The van der Waals surface area contributed by atoms with Crippen molar-refractivity contribution in [1.29, 1.82) is 5.26 Å². The Hall–Kier alpha value is -4.44. The van der Waals surface area contributed by atoms with Crippen molar-refractivity contribution in [3.05, 3.63) is 95.6 Å². The van der Waals surface area contributed by atoms with Crippen LogP contribution in [0.4, 0.5) is 16.2 Å². The van der Waals surface area contributed by atoms with E-state index in [1.54, 1.807) is 31.3 Å². The monoisotopic (exact) mass is 409 g/mol. The van der Waals surface area contributed by atoms with Gasteiger partial charge >= 0.3 is 6.03 Å². The minimum atomic E-state index is -1.12.